The highest BCUT2D eigenvalue weighted by molar-refractivity contribution is 7.92. The Hall–Kier alpha value is -2.29. The summed E-state index contributed by atoms with van der Waals surface area (Å²) < 4.78 is 26.4. The first kappa shape index (κ1) is 31.2. The molecule has 0 unspecified atom stereocenters. The maximum absolute atomic E-state index is 13.7. The van der Waals surface area contributed by atoms with Crippen molar-refractivity contribution in [3.8, 4) is 0 Å². The lowest BCUT2D eigenvalue weighted by Crippen LogP contribution is -2.51. The Morgan fingerprint density at radius 3 is 2.41 bits per heavy atom. The Labute approximate surface area is 242 Å². The number of hydrogen-bond donors (Lipinski definition) is 1. The molecule has 0 radical (unpaired) electrons. The molecule has 1 saturated carbocycles. The number of aryl methyl sites for hydroxylation is 1. The normalized spacial score (nSPS) is 15.0. The lowest BCUT2D eigenvalue weighted by atomic mass is 9.95. The van der Waals surface area contributed by atoms with Crippen LogP contribution in [0.25, 0.3) is 0 Å². The van der Waals surface area contributed by atoms with Crippen LogP contribution in [-0.4, -0.2) is 50.0 Å². The molecule has 0 aromatic heterocycles. The van der Waals surface area contributed by atoms with Crippen LogP contribution < -0.4 is 9.62 Å². The van der Waals surface area contributed by atoms with Crippen LogP contribution in [0.2, 0.25) is 10.0 Å². The van der Waals surface area contributed by atoms with Gasteiger partial charge in [-0.2, -0.15) is 0 Å². The third kappa shape index (κ3) is 9.12. The number of benzene rings is 2. The summed E-state index contributed by atoms with van der Waals surface area (Å²) >= 11 is 12.5. The number of nitrogens with zero attached hydrogens (tertiary/aromatic N) is 2. The maximum atomic E-state index is 13.7. The summed E-state index contributed by atoms with van der Waals surface area (Å²) in [6.45, 7) is 4.09. The lowest BCUT2D eigenvalue weighted by Gasteiger charge is -2.33. The third-order valence-corrected chi connectivity index (χ3v) is 8.92. The van der Waals surface area contributed by atoms with Gasteiger partial charge in [-0.25, -0.2) is 8.42 Å². The van der Waals surface area contributed by atoms with Crippen molar-refractivity contribution in [3.63, 3.8) is 0 Å². The Morgan fingerprint density at radius 2 is 1.79 bits per heavy atom. The van der Waals surface area contributed by atoms with Gasteiger partial charge in [0, 0.05) is 35.6 Å². The van der Waals surface area contributed by atoms with E-state index in [0.29, 0.717) is 34.1 Å². The molecule has 10 heteroatoms. The van der Waals surface area contributed by atoms with Gasteiger partial charge >= 0.3 is 0 Å². The van der Waals surface area contributed by atoms with E-state index in [0.717, 1.165) is 37.5 Å². The molecule has 0 saturated heterocycles. The number of nitrogens with one attached hydrogen (secondary N) is 1. The molecule has 3 rings (SSSR count). The minimum atomic E-state index is -3.55. The van der Waals surface area contributed by atoms with Crippen molar-refractivity contribution < 1.29 is 18.0 Å². The summed E-state index contributed by atoms with van der Waals surface area (Å²) in [5.41, 5.74) is 2.20. The van der Waals surface area contributed by atoms with E-state index in [9.17, 15) is 18.0 Å². The first-order valence-electron chi connectivity index (χ1n) is 13.6. The number of rotatable bonds is 12. The SMILES string of the molecule is CC[C@@H](C(=O)NC1CCCCC1)N(Cc1ccc(Cl)cc1Cl)C(=O)CCCN(c1cccc(C)c1)S(C)(=O)=O. The van der Waals surface area contributed by atoms with E-state index in [-0.39, 0.29) is 37.4 Å². The minimum Gasteiger partial charge on any atom is -0.352 e. The number of anilines is 1. The largest absolute Gasteiger partial charge is 0.352 e. The molecular formula is C29H39Cl2N3O4S. The van der Waals surface area contributed by atoms with E-state index in [1.54, 1.807) is 35.2 Å². The number of sulfonamides is 1. The molecule has 0 aliphatic heterocycles. The highest BCUT2D eigenvalue weighted by atomic mass is 35.5. The van der Waals surface area contributed by atoms with Gasteiger partial charge in [0.25, 0.3) is 0 Å². The Morgan fingerprint density at radius 1 is 1.08 bits per heavy atom. The molecule has 1 N–H and O–H groups in total. The van der Waals surface area contributed by atoms with Crippen LogP contribution in [0, 0.1) is 6.92 Å². The molecule has 214 valence electrons. The van der Waals surface area contributed by atoms with Gasteiger partial charge in [-0.05, 0) is 68.0 Å². The van der Waals surface area contributed by atoms with Crippen molar-refractivity contribution in [2.24, 2.45) is 0 Å². The second kappa shape index (κ2) is 14.4. The highest BCUT2D eigenvalue weighted by Crippen LogP contribution is 2.25. The number of carbonyl (C=O) groups is 2. The zero-order valence-corrected chi connectivity index (χ0v) is 25.3. The second-order valence-electron chi connectivity index (χ2n) is 10.3. The third-order valence-electron chi connectivity index (χ3n) is 7.14. The van der Waals surface area contributed by atoms with Gasteiger partial charge in [0.05, 0.1) is 11.9 Å². The van der Waals surface area contributed by atoms with E-state index < -0.39 is 16.1 Å². The van der Waals surface area contributed by atoms with E-state index >= 15 is 0 Å². The van der Waals surface area contributed by atoms with Gasteiger partial charge in [0.1, 0.15) is 6.04 Å². The fraction of sp³-hybridized carbons (Fsp3) is 0.517. The molecule has 1 atom stereocenters. The van der Waals surface area contributed by atoms with Crippen LogP contribution in [0.4, 0.5) is 5.69 Å². The highest BCUT2D eigenvalue weighted by Gasteiger charge is 2.31. The van der Waals surface area contributed by atoms with Crippen LogP contribution >= 0.6 is 23.2 Å². The summed E-state index contributed by atoms with van der Waals surface area (Å²) in [6.07, 6.45) is 7.21. The topological polar surface area (TPSA) is 86.8 Å². The van der Waals surface area contributed by atoms with Crippen molar-refractivity contribution in [1.82, 2.24) is 10.2 Å². The quantitative estimate of drug-likeness (QED) is 0.321. The van der Waals surface area contributed by atoms with E-state index in [1.165, 1.54) is 10.7 Å². The number of carbonyl (C=O) groups excluding carboxylic acids is 2. The summed E-state index contributed by atoms with van der Waals surface area (Å²) in [7, 11) is -3.55. The average molecular weight is 597 g/mol. The zero-order valence-electron chi connectivity index (χ0n) is 23.0. The molecule has 39 heavy (non-hydrogen) atoms. The lowest BCUT2D eigenvalue weighted by molar-refractivity contribution is -0.141. The van der Waals surface area contributed by atoms with E-state index in [2.05, 4.69) is 5.32 Å². The van der Waals surface area contributed by atoms with Crippen LogP contribution in [0.3, 0.4) is 0 Å². The molecular weight excluding hydrogens is 557 g/mol. The molecule has 2 aromatic carbocycles. The van der Waals surface area contributed by atoms with E-state index in [1.807, 2.05) is 26.0 Å². The Balaban J connectivity index is 1.78. The summed E-state index contributed by atoms with van der Waals surface area (Å²) in [4.78, 5) is 28.6. The molecule has 0 heterocycles. The zero-order chi connectivity index (χ0) is 28.6. The van der Waals surface area contributed by atoms with Crippen molar-refractivity contribution in [1.29, 1.82) is 0 Å². The van der Waals surface area contributed by atoms with Crippen molar-refractivity contribution in [3.05, 3.63) is 63.6 Å². The summed E-state index contributed by atoms with van der Waals surface area (Å²) in [5.74, 6) is -0.398. The van der Waals surface area contributed by atoms with Crippen LogP contribution in [0.1, 0.15) is 69.4 Å². The Kier molecular flexibility index (Phi) is 11.5. The van der Waals surface area contributed by atoms with Crippen LogP contribution in [0.5, 0.6) is 0 Å². The number of halogens is 2. The Bertz CT molecular complexity index is 1250. The number of amides is 2. The van der Waals surface area contributed by atoms with Crippen molar-refractivity contribution in [2.75, 3.05) is 17.1 Å². The standard InChI is InChI=1S/C29H39Cl2N3O4S/c1-4-27(29(36)32-24-11-6-5-7-12-24)33(20-22-15-16-23(30)19-26(22)31)28(35)14-9-17-34(39(3,37)38)25-13-8-10-21(2)18-25/h8,10,13,15-16,18-19,24,27H,4-7,9,11-12,14,17,20H2,1-3H3,(H,32,36)/t27-/m0/s1. The van der Waals surface area contributed by atoms with Gasteiger partial charge in [-0.1, -0.05) is 67.6 Å². The molecule has 1 aliphatic rings. The first-order chi connectivity index (χ1) is 18.5. The molecule has 0 bridgehead atoms. The monoisotopic (exact) mass is 595 g/mol. The van der Waals surface area contributed by atoms with Crippen molar-refractivity contribution >= 4 is 50.7 Å². The molecule has 2 aromatic rings. The summed E-state index contributed by atoms with van der Waals surface area (Å²) in [5, 5.41) is 4.07. The molecule has 1 aliphatic carbocycles. The molecule has 1 fully saturated rings. The molecule has 2 amide bonds. The van der Waals surface area contributed by atoms with Crippen LogP contribution in [0.15, 0.2) is 42.5 Å². The number of hydrogen-bond acceptors (Lipinski definition) is 4. The fourth-order valence-electron chi connectivity index (χ4n) is 5.08. The predicted octanol–water partition coefficient (Wildman–Crippen LogP) is 6.10. The molecule has 0 spiro atoms. The first-order valence-corrected chi connectivity index (χ1v) is 16.2. The van der Waals surface area contributed by atoms with Gasteiger partial charge in [-0.3, -0.25) is 13.9 Å². The van der Waals surface area contributed by atoms with Crippen LogP contribution in [-0.2, 0) is 26.2 Å². The fourth-order valence-corrected chi connectivity index (χ4v) is 6.51. The van der Waals surface area contributed by atoms with Gasteiger partial charge in [0.2, 0.25) is 21.8 Å². The molecule has 7 nitrogen and oxygen atoms in total. The predicted molar refractivity (Wildman–Crippen MR) is 159 cm³/mol. The van der Waals surface area contributed by atoms with E-state index in [4.69, 9.17) is 23.2 Å². The smallest absolute Gasteiger partial charge is 0.243 e. The summed E-state index contributed by atoms with van der Waals surface area (Å²) in [6, 6.07) is 11.8. The van der Waals surface area contributed by atoms with Gasteiger partial charge in [0.15, 0.2) is 0 Å². The van der Waals surface area contributed by atoms with Crippen molar-refractivity contribution in [2.45, 2.75) is 83.8 Å². The minimum absolute atomic E-state index is 0.0796. The van der Waals surface area contributed by atoms with Gasteiger partial charge < -0.3 is 10.2 Å². The second-order valence-corrected chi connectivity index (χ2v) is 13.1. The van der Waals surface area contributed by atoms with Gasteiger partial charge in [-0.15, -0.1) is 0 Å². The average Bonchev–Trinajstić information content (AvgIpc) is 2.87. The maximum Gasteiger partial charge on any atom is 0.243 e.